The molecule has 1 heterocycles. The number of aromatic nitrogens is 3. The van der Waals surface area contributed by atoms with Gasteiger partial charge in [0.15, 0.2) is 11.0 Å². The Kier molecular flexibility index (Phi) is 4.01. The molecule has 0 spiro atoms. The van der Waals surface area contributed by atoms with Crippen molar-refractivity contribution in [2.75, 3.05) is 5.75 Å². The van der Waals surface area contributed by atoms with Gasteiger partial charge >= 0.3 is 5.97 Å². The molecule has 6 heteroatoms. The number of hydrogen-bond donors (Lipinski definition) is 2. The minimum atomic E-state index is -0.882. The number of carboxylic acids is 1. The lowest BCUT2D eigenvalue weighted by molar-refractivity contribution is -0.133. The smallest absolute Gasteiger partial charge is 0.313 e. The van der Waals surface area contributed by atoms with Gasteiger partial charge < -0.3 is 10.1 Å². The highest BCUT2D eigenvalue weighted by atomic mass is 32.2. The van der Waals surface area contributed by atoms with Crippen molar-refractivity contribution in [3.05, 3.63) is 36.4 Å². The van der Waals surface area contributed by atoms with Crippen LogP contribution in [0.4, 0.5) is 0 Å². The summed E-state index contributed by atoms with van der Waals surface area (Å²) in [6.07, 6.45) is 0. The largest absolute Gasteiger partial charge is 0.481 e. The second kappa shape index (κ2) is 5.71. The molecule has 19 heavy (non-hydrogen) atoms. The molecule has 1 aromatic heterocycles. The summed E-state index contributed by atoms with van der Waals surface area (Å²) in [4.78, 5) is 13.5. The third kappa shape index (κ3) is 3.45. The number of allylic oxidation sites excluding steroid dienone is 1. The number of nitrogens with one attached hydrogen (secondary N) is 1. The van der Waals surface area contributed by atoms with E-state index in [0.717, 1.165) is 28.5 Å². The lowest BCUT2D eigenvalue weighted by Crippen LogP contribution is -1.97. The van der Waals surface area contributed by atoms with Crippen molar-refractivity contribution in [1.82, 2.24) is 15.2 Å². The van der Waals surface area contributed by atoms with E-state index >= 15 is 0 Å². The second-order valence-corrected chi connectivity index (χ2v) is 4.99. The van der Waals surface area contributed by atoms with Gasteiger partial charge in [0, 0.05) is 5.56 Å². The number of carboxylic acid groups (broad SMARTS) is 1. The molecule has 0 aliphatic rings. The second-order valence-electron chi connectivity index (χ2n) is 4.02. The minimum absolute atomic E-state index is 0.0412. The normalized spacial score (nSPS) is 10.4. The van der Waals surface area contributed by atoms with E-state index in [1.54, 1.807) is 0 Å². The molecule has 5 nitrogen and oxygen atoms in total. The third-order valence-corrected chi connectivity index (χ3v) is 3.28. The molecule has 0 aliphatic heterocycles. The lowest BCUT2D eigenvalue weighted by Gasteiger charge is -2.01. The predicted octanol–water partition coefficient (Wildman–Crippen LogP) is 2.68. The number of hydrogen-bond acceptors (Lipinski definition) is 4. The fourth-order valence-electron chi connectivity index (χ4n) is 1.50. The number of benzene rings is 1. The summed E-state index contributed by atoms with van der Waals surface area (Å²) in [6.45, 7) is 5.84. The number of nitrogens with zero attached hydrogens (tertiary/aromatic N) is 2. The molecule has 0 saturated heterocycles. The fraction of sp³-hybridized carbons (Fsp3) is 0.154. The van der Waals surface area contributed by atoms with Crippen molar-refractivity contribution in [2.45, 2.75) is 12.1 Å². The van der Waals surface area contributed by atoms with Gasteiger partial charge in [0.2, 0.25) is 0 Å². The maximum Gasteiger partial charge on any atom is 0.313 e. The zero-order chi connectivity index (χ0) is 13.8. The lowest BCUT2D eigenvalue weighted by atomic mass is 10.1. The number of rotatable bonds is 5. The Morgan fingerprint density at radius 2 is 2.26 bits per heavy atom. The van der Waals surface area contributed by atoms with Gasteiger partial charge in [-0.05, 0) is 18.6 Å². The van der Waals surface area contributed by atoms with E-state index in [2.05, 4.69) is 21.8 Å². The summed E-state index contributed by atoms with van der Waals surface area (Å²) < 4.78 is 0. The van der Waals surface area contributed by atoms with Gasteiger partial charge in [-0.2, -0.15) is 0 Å². The first-order chi connectivity index (χ1) is 9.06. The highest BCUT2D eigenvalue weighted by molar-refractivity contribution is 7.99. The third-order valence-electron chi connectivity index (χ3n) is 2.43. The number of H-pyrrole nitrogens is 1. The van der Waals surface area contributed by atoms with E-state index in [0.29, 0.717) is 11.0 Å². The summed E-state index contributed by atoms with van der Waals surface area (Å²) in [5.41, 5.74) is 2.91. The quantitative estimate of drug-likeness (QED) is 0.820. The molecule has 0 amide bonds. The van der Waals surface area contributed by atoms with Crippen molar-refractivity contribution in [2.24, 2.45) is 0 Å². The summed E-state index contributed by atoms with van der Waals surface area (Å²) in [5.74, 6) is -0.302. The van der Waals surface area contributed by atoms with Gasteiger partial charge in [0.1, 0.15) is 0 Å². The van der Waals surface area contributed by atoms with Crippen molar-refractivity contribution in [1.29, 1.82) is 0 Å². The zero-order valence-electron chi connectivity index (χ0n) is 10.4. The van der Waals surface area contributed by atoms with Gasteiger partial charge in [-0.3, -0.25) is 4.79 Å². The first kappa shape index (κ1) is 13.4. The van der Waals surface area contributed by atoms with Crippen LogP contribution in [0.15, 0.2) is 36.0 Å². The van der Waals surface area contributed by atoms with Crippen LogP contribution in [0.3, 0.4) is 0 Å². The van der Waals surface area contributed by atoms with E-state index in [1.807, 2.05) is 31.2 Å². The Balaban J connectivity index is 2.20. The number of carbonyl (C=O) groups is 1. The van der Waals surface area contributed by atoms with E-state index in [4.69, 9.17) is 5.11 Å². The van der Waals surface area contributed by atoms with Crippen LogP contribution >= 0.6 is 11.8 Å². The average Bonchev–Trinajstić information content (AvgIpc) is 2.85. The molecule has 0 saturated carbocycles. The molecule has 98 valence electrons. The summed E-state index contributed by atoms with van der Waals surface area (Å²) in [7, 11) is 0. The Morgan fingerprint density at radius 3 is 2.95 bits per heavy atom. The molecule has 0 radical (unpaired) electrons. The van der Waals surface area contributed by atoms with Gasteiger partial charge in [-0.25, -0.2) is 0 Å². The maximum atomic E-state index is 10.5. The zero-order valence-corrected chi connectivity index (χ0v) is 11.2. The molecule has 0 aliphatic carbocycles. The van der Waals surface area contributed by atoms with E-state index in [-0.39, 0.29) is 5.75 Å². The average molecular weight is 275 g/mol. The van der Waals surface area contributed by atoms with E-state index in [1.165, 1.54) is 0 Å². The monoisotopic (exact) mass is 275 g/mol. The summed E-state index contributed by atoms with van der Waals surface area (Å²) >= 11 is 1.11. The van der Waals surface area contributed by atoms with Crippen molar-refractivity contribution >= 4 is 23.3 Å². The van der Waals surface area contributed by atoms with Crippen LogP contribution in [0, 0.1) is 0 Å². The number of thioether (sulfide) groups is 1. The topological polar surface area (TPSA) is 78.9 Å². The minimum Gasteiger partial charge on any atom is -0.481 e. The number of aromatic amines is 1. The molecule has 0 fully saturated rings. The molecule has 0 unspecified atom stereocenters. The first-order valence-electron chi connectivity index (χ1n) is 5.60. The van der Waals surface area contributed by atoms with E-state index in [9.17, 15) is 4.79 Å². The molecule has 2 aromatic rings. The maximum absolute atomic E-state index is 10.5. The molecule has 2 N–H and O–H groups in total. The van der Waals surface area contributed by atoms with Crippen LogP contribution < -0.4 is 0 Å². The van der Waals surface area contributed by atoms with Crippen molar-refractivity contribution < 1.29 is 9.90 Å². The van der Waals surface area contributed by atoms with Gasteiger partial charge in [-0.15, -0.1) is 10.2 Å². The van der Waals surface area contributed by atoms with Crippen molar-refractivity contribution in [3.63, 3.8) is 0 Å². The fourth-order valence-corrected chi connectivity index (χ4v) is 2.03. The highest BCUT2D eigenvalue weighted by Gasteiger charge is 2.08. The van der Waals surface area contributed by atoms with Crippen LogP contribution in [0.1, 0.15) is 12.5 Å². The molecule has 0 atom stereocenters. The predicted molar refractivity (Wildman–Crippen MR) is 74.9 cm³/mol. The molecular formula is C13H13N3O2S. The molecule has 0 bridgehead atoms. The van der Waals surface area contributed by atoms with Crippen LogP contribution in [-0.2, 0) is 4.79 Å². The molecular weight excluding hydrogens is 262 g/mol. The van der Waals surface area contributed by atoms with Crippen molar-refractivity contribution in [3.8, 4) is 11.4 Å². The summed E-state index contributed by atoms with van der Waals surface area (Å²) in [5, 5.41) is 17.0. The van der Waals surface area contributed by atoms with Gasteiger partial charge in [-0.1, -0.05) is 42.1 Å². The Hall–Kier alpha value is -2.08. The van der Waals surface area contributed by atoms with Crippen LogP contribution in [0.25, 0.3) is 17.0 Å². The Bertz CT molecular complexity index is 622. The van der Waals surface area contributed by atoms with Crippen LogP contribution in [0.2, 0.25) is 0 Å². The summed E-state index contributed by atoms with van der Waals surface area (Å²) in [6, 6.07) is 7.78. The van der Waals surface area contributed by atoms with Crippen LogP contribution in [0.5, 0.6) is 0 Å². The van der Waals surface area contributed by atoms with E-state index < -0.39 is 5.97 Å². The SMILES string of the molecule is C=C(C)c1cccc(-c2nnc(SCC(=O)O)[nH]2)c1. The van der Waals surface area contributed by atoms with Crippen LogP contribution in [-0.4, -0.2) is 32.0 Å². The first-order valence-corrected chi connectivity index (χ1v) is 6.58. The standard InChI is InChI=1S/C13H13N3O2S/c1-8(2)9-4-3-5-10(6-9)12-14-13(16-15-12)19-7-11(17)18/h3-6H,1,7H2,2H3,(H,17,18)(H,14,15,16). The molecule has 1 aromatic carbocycles. The molecule has 2 rings (SSSR count). The Morgan fingerprint density at radius 1 is 1.47 bits per heavy atom. The highest BCUT2D eigenvalue weighted by Crippen LogP contribution is 2.22. The number of aliphatic carboxylic acids is 1. The van der Waals surface area contributed by atoms with Gasteiger partial charge in [0.05, 0.1) is 5.75 Å². The van der Waals surface area contributed by atoms with Gasteiger partial charge in [0.25, 0.3) is 0 Å². The Labute approximate surface area is 114 Å².